The molecule has 0 aliphatic carbocycles. The number of benzene rings is 2. The first-order valence-electron chi connectivity index (χ1n) is 11.3. The summed E-state index contributed by atoms with van der Waals surface area (Å²) in [7, 11) is 1.68. The van der Waals surface area contributed by atoms with Gasteiger partial charge in [0.2, 0.25) is 0 Å². The van der Waals surface area contributed by atoms with E-state index in [9.17, 15) is 22.8 Å². The summed E-state index contributed by atoms with van der Waals surface area (Å²) < 4.78 is 40.4. The number of halogens is 3. The summed E-state index contributed by atoms with van der Waals surface area (Å²) in [6.45, 7) is 4.01. The van der Waals surface area contributed by atoms with Crippen molar-refractivity contribution in [3.8, 4) is 0 Å². The monoisotopic (exact) mass is 472 g/mol. The zero-order valence-electron chi connectivity index (χ0n) is 18.9. The largest absolute Gasteiger partial charge is 0.416 e. The van der Waals surface area contributed by atoms with Crippen molar-refractivity contribution in [1.29, 1.82) is 0 Å². The lowest BCUT2D eigenvalue weighted by atomic mass is 10.1. The van der Waals surface area contributed by atoms with Crippen molar-refractivity contribution < 1.29 is 18.0 Å². The molecule has 2 heterocycles. The highest BCUT2D eigenvalue weighted by molar-refractivity contribution is 6.06. The van der Waals surface area contributed by atoms with Crippen LogP contribution in [0.15, 0.2) is 59.4 Å². The number of piperazine rings is 1. The summed E-state index contributed by atoms with van der Waals surface area (Å²) in [4.78, 5) is 29.1. The standard InChI is InChI=1S/C25H27F3N4O2/c1-30-22-9-3-2-8-20(22)21(17-23(30)33)24(34)29-10-5-11-31-12-14-32(15-13-31)19-7-4-6-18(16-19)25(26,27)28/h2-4,6-9,16-17H,5,10-15H2,1H3,(H,29,34). The lowest BCUT2D eigenvalue weighted by molar-refractivity contribution is -0.137. The Labute approximate surface area is 195 Å². The van der Waals surface area contributed by atoms with Gasteiger partial charge < -0.3 is 14.8 Å². The number of rotatable bonds is 6. The van der Waals surface area contributed by atoms with E-state index in [1.807, 2.05) is 29.2 Å². The number of nitrogens with one attached hydrogen (secondary N) is 1. The average Bonchev–Trinajstić information content (AvgIpc) is 2.84. The van der Waals surface area contributed by atoms with Crippen LogP contribution in [-0.4, -0.2) is 54.6 Å². The number of fused-ring (bicyclic) bond motifs is 1. The molecule has 0 spiro atoms. The molecule has 2 aromatic carbocycles. The molecule has 0 unspecified atom stereocenters. The van der Waals surface area contributed by atoms with Crippen molar-refractivity contribution in [2.24, 2.45) is 7.05 Å². The Morgan fingerprint density at radius 1 is 1.00 bits per heavy atom. The van der Waals surface area contributed by atoms with E-state index in [1.165, 1.54) is 22.8 Å². The zero-order chi connectivity index (χ0) is 24.3. The highest BCUT2D eigenvalue weighted by Gasteiger charge is 2.31. The lowest BCUT2D eigenvalue weighted by Gasteiger charge is -2.36. The van der Waals surface area contributed by atoms with Crippen LogP contribution in [0.5, 0.6) is 0 Å². The van der Waals surface area contributed by atoms with Gasteiger partial charge in [-0.25, -0.2) is 0 Å². The molecule has 1 saturated heterocycles. The van der Waals surface area contributed by atoms with Crippen molar-refractivity contribution >= 4 is 22.5 Å². The average molecular weight is 473 g/mol. The van der Waals surface area contributed by atoms with Gasteiger partial charge in [0.1, 0.15) is 0 Å². The Morgan fingerprint density at radius 2 is 1.74 bits per heavy atom. The third-order valence-electron chi connectivity index (χ3n) is 6.25. The summed E-state index contributed by atoms with van der Waals surface area (Å²) in [6.07, 6.45) is -3.61. The van der Waals surface area contributed by atoms with E-state index in [4.69, 9.17) is 0 Å². The van der Waals surface area contributed by atoms with Crippen LogP contribution in [0.1, 0.15) is 22.3 Å². The molecular formula is C25H27F3N4O2. The minimum absolute atomic E-state index is 0.234. The number of hydrogen-bond donors (Lipinski definition) is 1. The van der Waals surface area contributed by atoms with Crippen LogP contribution in [0, 0.1) is 0 Å². The Hall–Kier alpha value is -3.33. The van der Waals surface area contributed by atoms with Crippen molar-refractivity contribution in [1.82, 2.24) is 14.8 Å². The highest BCUT2D eigenvalue weighted by Crippen LogP contribution is 2.31. The second-order valence-electron chi connectivity index (χ2n) is 8.46. The SMILES string of the molecule is Cn1c(=O)cc(C(=O)NCCCN2CCN(c3cccc(C(F)(F)F)c3)CC2)c2ccccc21. The van der Waals surface area contributed by atoms with Crippen LogP contribution >= 0.6 is 0 Å². The quantitative estimate of drug-likeness (QED) is 0.558. The molecule has 6 nitrogen and oxygen atoms in total. The molecule has 1 N–H and O–H groups in total. The first-order valence-corrected chi connectivity index (χ1v) is 11.3. The molecule has 1 fully saturated rings. The van der Waals surface area contributed by atoms with Crippen molar-refractivity contribution in [2.75, 3.05) is 44.2 Å². The molecule has 0 saturated carbocycles. The number of carbonyl (C=O) groups excluding carboxylic acids is 1. The normalized spacial score (nSPS) is 15.0. The summed E-state index contributed by atoms with van der Waals surface area (Å²) in [5.74, 6) is -0.275. The van der Waals surface area contributed by atoms with Gasteiger partial charge in [-0.2, -0.15) is 13.2 Å². The summed E-state index contributed by atoms with van der Waals surface area (Å²) >= 11 is 0. The molecule has 1 amide bonds. The second-order valence-corrected chi connectivity index (χ2v) is 8.46. The van der Waals surface area contributed by atoms with Gasteiger partial charge in [-0.3, -0.25) is 14.5 Å². The van der Waals surface area contributed by atoms with Gasteiger partial charge in [0.25, 0.3) is 11.5 Å². The molecule has 1 aliphatic rings. The van der Waals surface area contributed by atoms with Gasteiger partial charge in [-0.05, 0) is 37.2 Å². The minimum Gasteiger partial charge on any atom is -0.369 e. The molecule has 1 aliphatic heterocycles. The molecule has 4 rings (SSSR count). The van der Waals surface area contributed by atoms with E-state index >= 15 is 0 Å². The van der Waals surface area contributed by atoms with E-state index in [1.54, 1.807) is 13.1 Å². The Balaban J connectivity index is 1.26. The number of aryl methyl sites for hydroxylation is 1. The summed E-state index contributed by atoms with van der Waals surface area (Å²) in [6, 6.07) is 14.1. The van der Waals surface area contributed by atoms with Gasteiger partial charge >= 0.3 is 6.18 Å². The number of pyridine rings is 1. The van der Waals surface area contributed by atoms with Gasteiger partial charge in [0.05, 0.1) is 16.6 Å². The third kappa shape index (κ3) is 5.25. The third-order valence-corrected chi connectivity index (χ3v) is 6.25. The van der Waals surface area contributed by atoms with Gasteiger partial charge in [-0.15, -0.1) is 0 Å². The van der Waals surface area contributed by atoms with Crippen LogP contribution in [0.25, 0.3) is 10.9 Å². The number of anilines is 1. The van der Waals surface area contributed by atoms with Gasteiger partial charge in [0.15, 0.2) is 0 Å². The fraction of sp³-hybridized carbons (Fsp3) is 0.360. The van der Waals surface area contributed by atoms with Gasteiger partial charge in [0, 0.05) is 56.9 Å². The van der Waals surface area contributed by atoms with Crippen LogP contribution in [0.4, 0.5) is 18.9 Å². The molecule has 1 aromatic heterocycles. The van der Waals surface area contributed by atoms with E-state index < -0.39 is 11.7 Å². The number of para-hydroxylation sites is 1. The Kier molecular flexibility index (Phi) is 6.92. The van der Waals surface area contributed by atoms with Gasteiger partial charge in [-0.1, -0.05) is 24.3 Å². The summed E-state index contributed by atoms with van der Waals surface area (Å²) in [5.41, 5.74) is 0.796. The van der Waals surface area contributed by atoms with Crippen molar-refractivity contribution in [3.05, 3.63) is 76.1 Å². The molecule has 180 valence electrons. The number of nitrogens with zero attached hydrogens (tertiary/aromatic N) is 3. The highest BCUT2D eigenvalue weighted by atomic mass is 19.4. The van der Waals surface area contributed by atoms with Crippen molar-refractivity contribution in [2.45, 2.75) is 12.6 Å². The first kappa shape index (κ1) is 23.8. The van der Waals surface area contributed by atoms with Crippen molar-refractivity contribution in [3.63, 3.8) is 0 Å². The molecular weight excluding hydrogens is 445 g/mol. The maximum absolute atomic E-state index is 13.0. The first-order chi connectivity index (χ1) is 16.2. The lowest BCUT2D eigenvalue weighted by Crippen LogP contribution is -2.47. The molecule has 3 aromatic rings. The number of amides is 1. The zero-order valence-corrected chi connectivity index (χ0v) is 18.9. The van der Waals surface area contributed by atoms with E-state index in [0.29, 0.717) is 36.4 Å². The number of aromatic nitrogens is 1. The van der Waals surface area contributed by atoms with Crippen LogP contribution in [-0.2, 0) is 13.2 Å². The second kappa shape index (κ2) is 9.89. The molecule has 9 heteroatoms. The number of carbonyl (C=O) groups is 1. The predicted octanol–water partition coefficient (Wildman–Crippen LogP) is 3.50. The molecule has 0 atom stereocenters. The van der Waals surface area contributed by atoms with E-state index in [-0.39, 0.29) is 11.5 Å². The Morgan fingerprint density at radius 3 is 2.47 bits per heavy atom. The maximum Gasteiger partial charge on any atom is 0.416 e. The van der Waals surface area contributed by atoms with Crippen LogP contribution < -0.4 is 15.8 Å². The Bertz CT molecular complexity index is 1230. The topological polar surface area (TPSA) is 57.6 Å². The van der Waals surface area contributed by atoms with Crippen LogP contribution in [0.3, 0.4) is 0 Å². The fourth-order valence-corrected chi connectivity index (χ4v) is 4.31. The summed E-state index contributed by atoms with van der Waals surface area (Å²) in [5, 5.41) is 3.63. The number of hydrogen-bond acceptors (Lipinski definition) is 4. The van der Waals surface area contributed by atoms with E-state index in [0.717, 1.165) is 37.5 Å². The minimum atomic E-state index is -4.35. The molecule has 0 bridgehead atoms. The van der Waals surface area contributed by atoms with E-state index in [2.05, 4.69) is 10.2 Å². The molecule has 34 heavy (non-hydrogen) atoms. The fourth-order valence-electron chi connectivity index (χ4n) is 4.31. The molecule has 0 radical (unpaired) electrons. The smallest absolute Gasteiger partial charge is 0.369 e. The maximum atomic E-state index is 13.0. The predicted molar refractivity (Wildman–Crippen MR) is 126 cm³/mol. The number of alkyl halides is 3. The van der Waals surface area contributed by atoms with Crippen LogP contribution in [0.2, 0.25) is 0 Å².